The summed E-state index contributed by atoms with van der Waals surface area (Å²) in [6.45, 7) is 6.63. The zero-order valence-electron chi connectivity index (χ0n) is 13.5. The number of carbonyl (C=O) groups is 1. The summed E-state index contributed by atoms with van der Waals surface area (Å²) in [5, 5.41) is 14.5. The van der Waals surface area contributed by atoms with Crippen molar-refractivity contribution in [2.75, 3.05) is 19.7 Å². The van der Waals surface area contributed by atoms with Crippen molar-refractivity contribution in [3.8, 4) is 0 Å². The summed E-state index contributed by atoms with van der Waals surface area (Å²) in [5.41, 5.74) is 1.33. The minimum Gasteiger partial charge on any atom is -0.394 e. The molecule has 0 saturated carbocycles. The Morgan fingerprint density at radius 1 is 1.41 bits per heavy atom. The molecule has 0 aliphatic carbocycles. The van der Waals surface area contributed by atoms with Crippen molar-refractivity contribution in [2.24, 2.45) is 5.92 Å². The van der Waals surface area contributed by atoms with E-state index in [1.54, 1.807) is 6.92 Å². The molecule has 3 N–H and O–H groups in total. The van der Waals surface area contributed by atoms with E-state index in [1.807, 2.05) is 6.07 Å². The SMILES string of the molecule is CC1CC(CNC(=O)N[C@@H](C)CO)CN1Cc1ccccc1. The second-order valence-electron chi connectivity index (χ2n) is 6.30. The highest BCUT2D eigenvalue weighted by Crippen LogP contribution is 2.24. The Morgan fingerprint density at radius 3 is 2.82 bits per heavy atom. The van der Waals surface area contributed by atoms with E-state index in [2.05, 4.69) is 46.7 Å². The molecule has 1 fully saturated rings. The molecule has 5 heteroatoms. The fourth-order valence-corrected chi connectivity index (χ4v) is 2.96. The number of likely N-dealkylation sites (tertiary alicyclic amines) is 1. The summed E-state index contributed by atoms with van der Waals surface area (Å²) < 4.78 is 0. The minimum absolute atomic E-state index is 0.0429. The molecule has 5 nitrogen and oxygen atoms in total. The molecule has 0 aromatic heterocycles. The van der Waals surface area contributed by atoms with Crippen molar-refractivity contribution in [3.05, 3.63) is 35.9 Å². The van der Waals surface area contributed by atoms with Crippen LogP contribution in [0.5, 0.6) is 0 Å². The third-order valence-electron chi connectivity index (χ3n) is 4.22. The summed E-state index contributed by atoms with van der Waals surface area (Å²) in [5.74, 6) is 0.480. The predicted octanol–water partition coefficient (Wildman–Crippen LogP) is 1.58. The fraction of sp³-hybridized carbons (Fsp3) is 0.588. The maximum Gasteiger partial charge on any atom is 0.315 e. The van der Waals surface area contributed by atoms with Gasteiger partial charge in [-0.1, -0.05) is 30.3 Å². The lowest BCUT2D eigenvalue weighted by molar-refractivity contribution is 0.218. The second-order valence-corrected chi connectivity index (χ2v) is 6.30. The molecule has 1 saturated heterocycles. The summed E-state index contributed by atoms with van der Waals surface area (Å²) in [6, 6.07) is 10.6. The van der Waals surface area contributed by atoms with E-state index in [0.29, 0.717) is 18.5 Å². The van der Waals surface area contributed by atoms with E-state index in [0.717, 1.165) is 19.5 Å². The lowest BCUT2D eigenvalue weighted by Gasteiger charge is -2.21. The number of hydrogen-bond acceptors (Lipinski definition) is 3. The van der Waals surface area contributed by atoms with Crippen LogP contribution >= 0.6 is 0 Å². The van der Waals surface area contributed by atoms with Gasteiger partial charge in [-0.25, -0.2) is 4.79 Å². The lowest BCUT2D eigenvalue weighted by atomic mass is 10.1. The number of nitrogens with one attached hydrogen (secondary N) is 2. The van der Waals surface area contributed by atoms with Crippen LogP contribution < -0.4 is 10.6 Å². The Morgan fingerprint density at radius 2 is 2.14 bits per heavy atom. The molecule has 1 heterocycles. The van der Waals surface area contributed by atoms with E-state index >= 15 is 0 Å². The van der Waals surface area contributed by atoms with Gasteiger partial charge in [-0.15, -0.1) is 0 Å². The Kier molecular flexibility index (Phi) is 6.21. The Hall–Kier alpha value is -1.59. The normalized spacial score (nSPS) is 23.2. The Labute approximate surface area is 132 Å². The summed E-state index contributed by atoms with van der Waals surface area (Å²) in [4.78, 5) is 14.1. The largest absolute Gasteiger partial charge is 0.394 e. The van der Waals surface area contributed by atoms with Gasteiger partial charge in [-0.05, 0) is 31.7 Å². The van der Waals surface area contributed by atoms with E-state index < -0.39 is 0 Å². The van der Waals surface area contributed by atoms with Gasteiger partial charge in [-0.2, -0.15) is 0 Å². The van der Waals surface area contributed by atoms with Crippen molar-refractivity contribution in [1.82, 2.24) is 15.5 Å². The maximum absolute atomic E-state index is 11.7. The van der Waals surface area contributed by atoms with Gasteiger partial charge in [0.2, 0.25) is 0 Å². The number of aliphatic hydroxyl groups is 1. The lowest BCUT2D eigenvalue weighted by Crippen LogP contribution is -2.44. The van der Waals surface area contributed by atoms with Crippen molar-refractivity contribution in [3.63, 3.8) is 0 Å². The smallest absolute Gasteiger partial charge is 0.315 e. The molecule has 122 valence electrons. The van der Waals surface area contributed by atoms with Gasteiger partial charge in [0.25, 0.3) is 0 Å². The maximum atomic E-state index is 11.7. The van der Waals surface area contributed by atoms with E-state index in [9.17, 15) is 4.79 Å². The zero-order valence-corrected chi connectivity index (χ0v) is 13.5. The summed E-state index contributed by atoms with van der Waals surface area (Å²) in [7, 11) is 0. The third-order valence-corrected chi connectivity index (χ3v) is 4.22. The van der Waals surface area contributed by atoms with Crippen LogP contribution in [0.3, 0.4) is 0 Å². The van der Waals surface area contributed by atoms with Crippen molar-refractivity contribution in [1.29, 1.82) is 0 Å². The minimum atomic E-state index is -0.211. The Balaban J connectivity index is 1.75. The fourth-order valence-electron chi connectivity index (χ4n) is 2.96. The van der Waals surface area contributed by atoms with Crippen LogP contribution in [-0.2, 0) is 6.54 Å². The average molecular weight is 305 g/mol. The van der Waals surface area contributed by atoms with Crippen LogP contribution in [0.2, 0.25) is 0 Å². The van der Waals surface area contributed by atoms with Crippen LogP contribution in [0.1, 0.15) is 25.8 Å². The molecule has 2 amide bonds. The zero-order chi connectivity index (χ0) is 15.9. The molecule has 0 spiro atoms. The van der Waals surface area contributed by atoms with E-state index in [1.165, 1.54) is 5.56 Å². The quantitative estimate of drug-likeness (QED) is 0.747. The topological polar surface area (TPSA) is 64.6 Å². The molecule has 0 radical (unpaired) electrons. The van der Waals surface area contributed by atoms with Crippen molar-refractivity contribution in [2.45, 2.75) is 38.9 Å². The molecule has 3 atom stereocenters. The Bertz CT molecular complexity index is 466. The highest BCUT2D eigenvalue weighted by atomic mass is 16.3. The van der Waals surface area contributed by atoms with Crippen LogP contribution in [0, 0.1) is 5.92 Å². The third kappa shape index (κ3) is 5.00. The van der Waals surface area contributed by atoms with Gasteiger partial charge in [0.15, 0.2) is 0 Å². The summed E-state index contributed by atoms with van der Waals surface area (Å²) in [6.07, 6.45) is 1.10. The van der Waals surface area contributed by atoms with Crippen LogP contribution in [-0.4, -0.2) is 47.8 Å². The average Bonchev–Trinajstić information content (AvgIpc) is 2.86. The number of benzene rings is 1. The van der Waals surface area contributed by atoms with Crippen molar-refractivity contribution < 1.29 is 9.90 Å². The highest BCUT2D eigenvalue weighted by Gasteiger charge is 2.29. The van der Waals surface area contributed by atoms with Gasteiger partial charge < -0.3 is 15.7 Å². The molecule has 22 heavy (non-hydrogen) atoms. The van der Waals surface area contributed by atoms with Crippen LogP contribution in [0.25, 0.3) is 0 Å². The molecule has 1 aliphatic rings. The number of nitrogens with zero attached hydrogens (tertiary/aromatic N) is 1. The number of aliphatic hydroxyl groups excluding tert-OH is 1. The number of urea groups is 1. The number of rotatable bonds is 6. The van der Waals surface area contributed by atoms with Gasteiger partial charge in [0.05, 0.1) is 12.6 Å². The number of carbonyl (C=O) groups excluding carboxylic acids is 1. The predicted molar refractivity (Wildman–Crippen MR) is 87.5 cm³/mol. The standard InChI is InChI=1S/C17H27N3O2/c1-13(12-21)19-17(22)18-9-16-8-14(2)20(11-16)10-15-6-4-3-5-7-15/h3-7,13-14,16,21H,8-12H2,1-2H3,(H2,18,19,22)/t13-,14?,16?/m0/s1. The van der Waals surface area contributed by atoms with E-state index in [-0.39, 0.29) is 18.7 Å². The number of amides is 2. The first-order valence-electron chi connectivity index (χ1n) is 8.01. The van der Waals surface area contributed by atoms with E-state index in [4.69, 9.17) is 5.11 Å². The highest BCUT2D eigenvalue weighted by molar-refractivity contribution is 5.74. The first kappa shape index (κ1) is 16.8. The van der Waals surface area contributed by atoms with Crippen LogP contribution in [0.15, 0.2) is 30.3 Å². The first-order chi connectivity index (χ1) is 10.6. The monoisotopic (exact) mass is 305 g/mol. The van der Waals surface area contributed by atoms with Gasteiger partial charge >= 0.3 is 6.03 Å². The summed E-state index contributed by atoms with van der Waals surface area (Å²) >= 11 is 0. The van der Waals surface area contributed by atoms with Crippen molar-refractivity contribution >= 4 is 6.03 Å². The molecular formula is C17H27N3O2. The molecule has 1 aromatic rings. The second kappa shape index (κ2) is 8.15. The van der Waals surface area contributed by atoms with Gasteiger partial charge in [0.1, 0.15) is 0 Å². The molecule has 0 bridgehead atoms. The molecule has 2 unspecified atom stereocenters. The number of hydrogen-bond donors (Lipinski definition) is 3. The molecule has 1 aliphatic heterocycles. The molecule has 1 aromatic carbocycles. The molecular weight excluding hydrogens is 278 g/mol. The van der Waals surface area contributed by atoms with Gasteiger partial charge in [0, 0.05) is 25.7 Å². The molecule has 2 rings (SSSR count). The van der Waals surface area contributed by atoms with Crippen LogP contribution in [0.4, 0.5) is 4.79 Å². The van der Waals surface area contributed by atoms with Gasteiger partial charge in [-0.3, -0.25) is 4.90 Å². The first-order valence-corrected chi connectivity index (χ1v) is 8.01.